The van der Waals surface area contributed by atoms with Crippen LogP contribution in [-0.4, -0.2) is 31.0 Å². The van der Waals surface area contributed by atoms with Crippen molar-refractivity contribution < 1.29 is 17.4 Å². The zero-order chi connectivity index (χ0) is 18.4. The van der Waals surface area contributed by atoms with E-state index in [2.05, 4.69) is 0 Å². The van der Waals surface area contributed by atoms with Crippen molar-refractivity contribution >= 4 is 16.0 Å². The molecule has 0 aromatic heterocycles. The molecule has 0 saturated heterocycles. The van der Waals surface area contributed by atoms with Crippen molar-refractivity contribution in [3.05, 3.63) is 29.8 Å². The van der Waals surface area contributed by atoms with Gasteiger partial charge in [-0.1, -0.05) is 31.4 Å². The number of rotatable bonds is 7. The maximum Gasteiger partial charge on any atom is 0.308 e. The fourth-order valence-corrected chi connectivity index (χ4v) is 3.71. The number of carbonyl (C=O) groups excluding carboxylic acids is 1. The first-order chi connectivity index (χ1) is 11.8. The Kier molecular flexibility index (Phi) is 6.87. The average Bonchev–Trinajstić information content (AvgIpc) is 2.59. The van der Waals surface area contributed by atoms with Crippen molar-refractivity contribution in [1.29, 1.82) is 0 Å². The van der Waals surface area contributed by atoms with Crippen molar-refractivity contribution in [3.8, 4) is 5.75 Å². The van der Waals surface area contributed by atoms with Crippen LogP contribution in [0.3, 0.4) is 0 Å². The monoisotopic (exact) mass is 367 g/mol. The number of benzene rings is 1. The first kappa shape index (κ1) is 19.8. The number of nitrogens with zero attached hydrogens (tertiary/aromatic N) is 1. The Labute approximate surface area is 151 Å². The van der Waals surface area contributed by atoms with Gasteiger partial charge in [-0.15, -0.1) is 0 Å². The van der Waals surface area contributed by atoms with Crippen molar-refractivity contribution in [2.75, 3.05) is 5.75 Å². The molecule has 0 spiro atoms. The molecule has 1 saturated carbocycles. The van der Waals surface area contributed by atoms with Crippen molar-refractivity contribution in [1.82, 2.24) is 4.90 Å². The van der Waals surface area contributed by atoms with Gasteiger partial charge in [-0.05, 0) is 51.3 Å². The molecule has 0 aliphatic heterocycles. The molecule has 2 rings (SSSR count). The minimum Gasteiger partial charge on any atom is -0.382 e. The second kappa shape index (κ2) is 8.70. The first-order valence-corrected chi connectivity index (χ1v) is 10.7. The van der Waals surface area contributed by atoms with Gasteiger partial charge in [0.05, 0.1) is 5.75 Å². The smallest absolute Gasteiger partial charge is 0.308 e. The molecule has 1 aromatic rings. The molecule has 1 aromatic carbocycles. The minimum atomic E-state index is -3.55. The Morgan fingerprint density at radius 3 is 2.52 bits per heavy atom. The second-order valence-corrected chi connectivity index (χ2v) is 8.83. The molecule has 0 heterocycles. The summed E-state index contributed by atoms with van der Waals surface area (Å²) in [6, 6.07) is 7.09. The summed E-state index contributed by atoms with van der Waals surface area (Å²) in [5.41, 5.74) is 0.877. The van der Waals surface area contributed by atoms with Gasteiger partial charge >= 0.3 is 10.1 Å². The van der Waals surface area contributed by atoms with Crippen LogP contribution in [0, 0.1) is 5.92 Å². The highest BCUT2D eigenvalue weighted by molar-refractivity contribution is 7.87. The molecular formula is C19H29NO4S. The summed E-state index contributed by atoms with van der Waals surface area (Å²) in [7, 11) is -3.55. The molecule has 1 amide bonds. The summed E-state index contributed by atoms with van der Waals surface area (Å²) in [6.07, 6.45) is 5.41. The summed E-state index contributed by atoms with van der Waals surface area (Å²) >= 11 is 0. The van der Waals surface area contributed by atoms with E-state index < -0.39 is 10.1 Å². The molecular weight excluding hydrogens is 338 g/mol. The van der Waals surface area contributed by atoms with Crippen molar-refractivity contribution in [2.45, 2.75) is 65.5 Å². The Morgan fingerprint density at radius 2 is 1.92 bits per heavy atom. The standard InChI is InChI=1S/C19H29NO4S/c1-4-25(22,23)24-18-12-8-9-16(13-18)14-20(15(2)3)19(21)17-10-6-5-7-11-17/h8-9,12-13,15,17H,4-7,10-11,14H2,1-3H3. The quantitative estimate of drug-likeness (QED) is 0.689. The third kappa shape index (κ3) is 5.73. The molecule has 6 heteroatoms. The summed E-state index contributed by atoms with van der Waals surface area (Å²) in [5.74, 6) is 0.557. The fraction of sp³-hybridized carbons (Fsp3) is 0.632. The second-order valence-electron chi connectivity index (χ2n) is 6.97. The van der Waals surface area contributed by atoms with E-state index in [1.54, 1.807) is 25.1 Å². The zero-order valence-electron chi connectivity index (χ0n) is 15.4. The Bertz CT molecular complexity index is 678. The maximum atomic E-state index is 12.9. The van der Waals surface area contributed by atoms with E-state index in [1.807, 2.05) is 24.8 Å². The lowest BCUT2D eigenvalue weighted by molar-refractivity contribution is -0.139. The van der Waals surface area contributed by atoms with Crippen LogP contribution in [0.4, 0.5) is 0 Å². The molecule has 5 nitrogen and oxygen atoms in total. The average molecular weight is 368 g/mol. The van der Waals surface area contributed by atoms with E-state index in [9.17, 15) is 13.2 Å². The van der Waals surface area contributed by atoms with E-state index in [0.717, 1.165) is 31.2 Å². The predicted octanol–water partition coefficient (Wildman–Crippen LogP) is 3.73. The SMILES string of the molecule is CCS(=O)(=O)Oc1cccc(CN(C(=O)C2CCCCC2)C(C)C)c1. The third-order valence-corrected chi connectivity index (χ3v) is 5.84. The first-order valence-electron chi connectivity index (χ1n) is 9.14. The summed E-state index contributed by atoms with van der Waals surface area (Å²) < 4.78 is 28.4. The predicted molar refractivity (Wildman–Crippen MR) is 98.8 cm³/mol. The van der Waals surface area contributed by atoms with Crippen LogP contribution in [-0.2, 0) is 21.5 Å². The van der Waals surface area contributed by atoms with Gasteiger partial charge in [-0.3, -0.25) is 4.79 Å². The highest BCUT2D eigenvalue weighted by Gasteiger charge is 2.27. The molecule has 1 fully saturated rings. The van der Waals surface area contributed by atoms with E-state index >= 15 is 0 Å². The molecule has 1 aliphatic carbocycles. The van der Waals surface area contributed by atoms with Crippen LogP contribution < -0.4 is 4.18 Å². The molecule has 0 N–H and O–H groups in total. The summed E-state index contributed by atoms with van der Waals surface area (Å²) in [5, 5.41) is 0. The van der Waals surface area contributed by atoms with Gasteiger partial charge in [0.1, 0.15) is 5.75 Å². The van der Waals surface area contributed by atoms with Crippen LogP contribution in [0.1, 0.15) is 58.4 Å². The Balaban J connectivity index is 2.12. The maximum absolute atomic E-state index is 12.9. The summed E-state index contributed by atoms with van der Waals surface area (Å²) in [4.78, 5) is 14.8. The molecule has 0 atom stereocenters. The largest absolute Gasteiger partial charge is 0.382 e. The van der Waals surface area contributed by atoms with Gasteiger partial charge in [0.15, 0.2) is 0 Å². The van der Waals surface area contributed by atoms with Gasteiger partial charge in [-0.2, -0.15) is 8.42 Å². The van der Waals surface area contributed by atoms with Crippen LogP contribution in [0.15, 0.2) is 24.3 Å². The van der Waals surface area contributed by atoms with Crippen LogP contribution in [0.2, 0.25) is 0 Å². The lowest BCUT2D eigenvalue weighted by atomic mass is 9.88. The molecule has 1 aliphatic rings. The fourth-order valence-electron chi connectivity index (χ4n) is 3.20. The van der Waals surface area contributed by atoms with Crippen molar-refractivity contribution in [2.24, 2.45) is 5.92 Å². The molecule has 25 heavy (non-hydrogen) atoms. The van der Waals surface area contributed by atoms with Crippen LogP contribution >= 0.6 is 0 Å². The topological polar surface area (TPSA) is 63.7 Å². The minimum absolute atomic E-state index is 0.0739. The van der Waals surface area contributed by atoms with Gasteiger partial charge in [-0.25, -0.2) is 0 Å². The number of hydrogen-bond donors (Lipinski definition) is 0. The molecule has 0 unspecified atom stereocenters. The van der Waals surface area contributed by atoms with E-state index in [1.165, 1.54) is 6.42 Å². The highest BCUT2D eigenvalue weighted by Crippen LogP contribution is 2.27. The van der Waals surface area contributed by atoms with Crippen LogP contribution in [0.25, 0.3) is 0 Å². The number of hydrogen-bond acceptors (Lipinski definition) is 4. The van der Waals surface area contributed by atoms with Gasteiger partial charge in [0.25, 0.3) is 0 Å². The third-order valence-electron chi connectivity index (χ3n) is 4.69. The lowest BCUT2D eigenvalue weighted by Crippen LogP contribution is -2.41. The number of amides is 1. The lowest BCUT2D eigenvalue weighted by Gasteiger charge is -2.32. The van der Waals surface area contributed by atoms with Crippen molar-refractivity contribution in [3.63, 3.8) is 0 Å². The Hall–Kier alpha value is -1.56. The zero-order valence-corrected chi connectivity index (χ0v) is 16.2. The van der Waals surface area contributed by atoms with E-state index in [4.69, 9.17) is 4.18 Å². The van der Waals surface area contributed by atoms with Gasteiger partial charge in [0.2, 0.25) is 5.91 Å². The highest BCUT2D eigenvalue weighted by atomic mass is 32.2. The molecule has 0 bridgehead atoms. The normalized spacial score (nSPS) is 16.0. The van der Waals surface area contributed by atoms with Gasteiger partial charge < -0.3 is 9.08 Å². The van der Waals surface area contributed by atoms with E-state index in [0.29, 0.717) is 12.3 Å². The van der Waals surface area contributed by atoms with Crippen LogP contribution in [0.5, 0.6) is 5.75 Å². The Morgan fingerprint density at radius 1 is 1.24 bits per heavy atom. The van der Waals surface area contributed by atoms with E-state index in [-0.39, 0.29) is 23.6 Å². The van der Waals surface area contributed by atoms with Gasteiger partial charge in [0, 0.05) is 18.5 Å². The summed E-state index contributed by atoms with van der Waals surface area (Å²) in [6.45, 7) is 6.05. The number of carbonyl (C=O) groups is 1. The molecule has 0 radical (unpaired) electrons. The molecule has 140 valence electrons.